The van der Waals surface area contributed by atoms with Gasteiger partial charge in [-0.05, 0) is 19.3 Å². The van der Waals surface area contributed by atoms with Crippen molar-refractivity contribution in [2.45, 2.75) is 244 Å². The maximum atomic E-state index is 5.40. The van der Waals surface area contributed by atoms with Crippen LogP contribution in [0.3, 0.4) is 0 Å². The molecule has 0 fully saturated rings. The molecule has 236 valence electrons. The molecular formula is C38H78S. The van der Waals surface area contributed by atoms with E-state index < -0.39 is 0 Å². The van der Waals surface area contributed by atoms with Gasteiger partial charge in [-0.1, -0.05) is 220 Å². The lowest BCUT2D eigenvalue weighted by atomic mass is 9.88. The van der Waals surface area contributed by atoms with Gasteiger partial charge in [0.25, 0.3) is 0 Å². The first-order valence-corrected chi connectivity index (χ1v) is 19.4. The van der Waals surface area contributed by atoms with Crippen molar-refractivity contribution in [3.05, 3.63) is 0 Å². The molecule has 0 atom stereocenters. The van der Waals surface area contributed by atoms with Crippen LogP contribution in [-0.2, 0) is 0 Å². The Morgan fingerprint density at radius 2 is 0.410 bits per heavy atom. The Bertz CT molecular complexity index is 406. The third-order valence-electron chi connectivity index (χ3n) is 9.24. The zero-order valence-electron chi connectivity index (χ0n) is 28.0. The maximum absolute atomic E-state index is 5.40. The SMILES string of the molecule is CCCCCCCCCCCCCC(S)(CCCCCCCCCCCC)CCCCCCCCCCCC. The highest BCUT2D eigenvalue weighted by Gasteiger charge is 2.24. The zero-order valence-corrected chi connectivity index (χ0v) is 28.9. The molecule has 0 nitrogen and oxygen atoms in total. The minimum absolute atomic E-state index is 0.319. The topological polar surface area (TPSA) is 0 Å². The van der Waals surface area contributed by atoms with Crippen LogP contribution in [0.5, 0.6) is 0 Å². The molecule has 0 aromatic carbocycles. The summed E-state index contributed by atoms with van der Waals surface area (Å²) in [6, 6.07) is 0. The van der Waals surface area contributed by atoms with Crippen LogP contribution < -0.4 is 0 Å². The first-order valence-electron chi connectivity index (χ1n) is 18.9. The molecular weight excluding hydrogens is 488 g/mol. The van der Waals surface area contributed by atoms with Gasteiger partial charge in [0.05, 0.1) is 0 Å². The second kappa shape index (κ2) is 32.9. The molecule has 0 amide bonds. The van der Waals surface area contributed by atoms with Gasteiger partial charge in [-0.15, -0.1) is 0 Å². The smallest absolute Gasteiger partial charge is 0.0130 e. The standard InChI is InChI=1S/C38H78S/c1-4-7-10-13-16-19-22-25-28-31-34-37-38(39,35-32-29-26-23-20-17-14-11-8-5-2)36-33-30-27-24-21-18-15-12-9-6-3/h39H,4-37H2,1-3H3. The van der Waals surface area contributed by atoms with Gasteiger partial charge in [0.15, 0.2) is 0 Å². The predicted octanol–water partition coefficient (Wildman–Crippen LogP) is 15.0. The summed E-state index contributed by atoms with van der Waals surface area (Å²) in [5.74, 6) is 0. The lowest BCUT2D eigenvalue weighted by Gasteiger charge is -2.29. The van der Waals surface area contributed by atoms with Crippen molar-refractivity contribution < 1.29 is 0 Å². The molecule has 0 radical (unpaired) electrons. The normalized spacial score (nSPS) is 12.0. The molecule has 0 saturated carbocycles. The van der Waals surface area contributed by atoms with Crippen LogP contribution in [0.25, 0.3) is 0 Å². The molecule has 0 aromatic rings. The second-order valence-corrected chi connectivity index (χ2v) is 14.3. The highest BCUT2D eigenvalue weighted by atomic mass is 32.1. The minimum Gasteiger partial charge on any atom is -0.173 e. The van der Waals surface area contributed by atoms with E-state index in [9.17, 15) is 0 Å². The summed E-state index contributed by atoms with van der Waals surface area (Å²) in [6.45, 7) is 6.94. The van der Waals surface area contributed by atoms with Crippen LogP contribution >= 0.6 is 12.6 Å². The first-order chi connectivity index (χ1) is 19.2. The van der Waals surface area contributed by atoms with Gasteiger partial charge in [-0.2, -0.15) is 12.6 Å². The van der Waals surface area contributed by atoms with Gasteiger partial charge in [0, 0.05) is 4.75 Å². The van der Waals surface area contributed by atoms with Crippen LogP contribution in [0.2, 0.25) is 0 Å². The van der Waals surface area contributed by atoms with E-state index in [1.54, 1.807) is 0 Å². The Kier molecular flexibility index (Phi) is 33.2. The number of rotatable bonds is 34. The maximum Gasteiger partial charge on any atom is 0.0130 e. The second-order valence-electron chi connectivity index (χ2n) is 13.4. The van der Waals surface area contributed by atoms with E-state index in [1.807, 2.05) is 0 Å². The average molecular weight is 567 g/mol. The van der Waals surface area contributed by atoms with E-state index in [0.717, 1.165) is 0 Å². The monoisotopic (exact) mass is 567 g/mol. The molecule has 0 unspecified atom stereocenters. The number of hydrogen-bond donors (Lipinski definition) is 1. The van der Waals surface area contributed by atoms with Crippen molar-refractivity contribution >= 4 is 12.6 Å². The largest absolute Gasteiger partial charge is 0.173 e. The minimum atomic E-state index is 0.319. The molecule has 0 N–H and O–H groups in total. The number of thiol groups is 1. The quantitative estimate of drug-likeness (QED) is 0.0581. The van der Waals surface area contributed by atoms with E-state index in [2.05, 4.69) is 20.8 Å². The van der Waals surface area contributed by atoms with Gasteiger partial charge in [0.2, 0.25) is 0 Å². The van der Waals surface area contributed by atoms with Gasteiger partial charge in [-0.3, -0.25) is 0 Å². The Balaban J connectivity index is 4.05. The molecule has 0 aliphatic rings. The molecule has 0 aliphatic carbocycles. The van der Waals surface area contributed by atoms with E-state index in [1.165, 1.54) is 218 Å². The van der Waals surface area contributed by atoms with Crippen molar-refractivity contribution in [1.29, 1.82) is 0 Å². The third-order valence-corrected chi connectivity index (χ3v) is 9.91. The van der Waals surface area contributed by atoms with Gasteiger partial charge in [-0.25, -0.2) is 0 Å². The summed E-state index contributed by atoms with van der Waals surface area (Å²) in [5.41, 5.74) is 0. The fourth-order valence-electron chi connectivity index (χ4n) is 6.38. The number of hydrogen-bond acceptors (Lipinski definition) is 1. The molecule has 0 spiro atoms. The van der Waals surface area contributed by atoms with Crippen LogP contribution in [0.1, 0.15) is 239 Å². The highest BCUT2D eigenvalue weighted by molar-refractivity contribution is 7.81. The van der Waals surface area contributed by atoms with Crippen LogP contribution in [-0.4, -0.2) is 4.75 Å². The van der Waals surface area contributed by atoms with Crippen molar-refractivity contribution in [3.8, 4) is 0 Å². The Morgan fingerprint density at radius 3 is 0.590 bits per heavy atom. The van der Waals surface area contributed by atoms with Crippen molar-refractivity contribution in [1.82, 2.24) is 0 Å². The van der Waals surface area contributed by atoms with Gasteiger partial charge in [0.1, 0.15) is 0 Å². The van der Waals surface area contributed by atoms with Crippen LogP contribution in [0.4, 0.5) is 0 Å². The summed E-state index contributed by atoms with van der Waals surface area (Å²) < 4.78 is 0.319. The van der Waals surface area contributed by atoms with E-state index >= 15 is 0 Å². The van der Waals surface area contributed by atoms with Gasteiger partial charge >= 0.3 is 0 Å². The molecule has 39 heavy (non-hydrogen) atoms. The highest BCUT2D eigenvalue weighted by Crippen LogP contribution is 2.35. The summed E-state index contributed by atoms with van der Waals surface area (Å²) >= 11 is 5.40. The Morgan fingerprint density at radius 1 is 0.256 bits per heavy atom. The average Bonchev–Trinajstić information content (AvgIpc) is 2.94. The Labute approximate surface area is 255 Å². The van der Waals surface area contributed by atoms with Crippen molar-refractivity contribution in [2.75, 3.05) is 0 Å². The fraction of sp³-hybridized carbons (Fsp3) is 1.00. The summed E-state index contributed by atoms with van der Waals surface area (Å²) in [4.78, 5) is 0. The molecule has 0 heterocycles. The molecule has 0 aliphatic heterocycles. The molecule has 1 heteroatoms. The molecule has 0 saturated heterocycles. The van der Waals surface area contributed by atoms with E-state index in [-0.39, 0.29) is 0 Å². The van der Waals surface area contributed by atoms with E-state index in [4.69, 9.17) is 12.6 Å². The van der Waals surface area contributed by atoms with Gasteiger partial charge < -0.3 is 0 Å². The zero-order chi connectivity index (χ0) is 28.5. The number of unbranched alkanes of at least 4 members (excludes halogenated alkanes) is 28. The Hall–Kier alpha value is 0.350. The van der Waals surface area contributed by atoms with Crippen molar-refractivity contribution in [3.63, 3.8) is 0 Å². The lowest BCUT2D eigenvalue weighted by Crippen LogP contribution is -2.21. The van der Waals surface area contributed by atoms with Crippen LogP contribution in [0, 0.1) is 0 Å². The molecule has 0 aromatic heterocycles. The summed E-state index contributed by atoms with van der Waals surface area (Å²) in [6.07, 6.45) is 48.8. The third kappa shape index (κ3) is 31.1. The van der Waals surface area contributed by atoms with E-state index in [0.29, 0.717) is 4.75 Å². The summed E-state index contributed by atoms with van der Waals surface area (Å²) in [5, 5.41) is 0. The van der Waals surface area contributed by atoms with Crippen LogP contribution in [0.15, 0.2) is 0 Å². The lowest BCUT2D eigenvalue weighted by molar-refractivity contribution is 0.404. The summed E-state index contributed by atoms with van der Waals surface area (Å²) in [7, 11) is 0. The molecule has 0 rings (SSSR count). The molecule has 0 bridgehead atoms. The van der Waals surface area contributed by atoms with Crippen molar-refractivity contribution in [2.24, 2.45) is 0 Å². The fourth-order valence-corrected chi connectivity index (χ4v) is 6.85. The predicted molar refractivity (Wildman–Crippen MR) is 186 cm³/mol. The first kappa shape index (κ1) is 39.4.